The van der Waals surface area contributed by atoms with Crippen LogP contribution in [-0.4, -0.2) is 31.0 Å². The molecule has 0 aromatic heterocycles. The highest BCUT2D eigenvalue weighted by Crippen LogP contribution is 2.25. The number of rotatable bonds is 6. The van der Waals surface area contributed by atoms with Crippen LogP contribution in [0.15, 0.2) is 48.5 Å². The normalized spacial score (nSPS) is 11.2. The molecule has 0 aliphatic heterocycles. The van der Waals surface area contributed by atoms with Gasteiger partial charge in [-0.3, -0.25) is 4.79 Å². The Kier molecular flexibility index (Phi) is 5.66. The first-order valence-corrected chi connectivity index (χ1v) is 8.33. The Bertz CT molecular complexity index is 672. The van der Waals surface area contributed by atoms with E-state index in [1.165, 1.54) is 11.1 Å². The molecule has 24 heavy (non-hydrogen) atoms. The van der Waals surface area contributed by atoms with Crippen molar-refractivity contribution in [3.05, 3.63) is 65.2 Å². The lowest BCUT2D eigenvalue weighted by molar-refractivity contribution is -0.135. The van der Waals surface area contributed by atoms with Gasteiger partial charge >= 0.3 is 0 Å². The van der Waals surface area contributed by atoms with Gasteiger partial charge in [-0.2, -0.15) is 0 Å². The van der Waals surface area contributed by atoms with Gasteiger partial charge in [0.2, 0.25) is 5.91 Å². The SMILES string of the molecule is Cc1cc(C)cc(OCCN(C)C(=O)C(C)(C)c2ccccc2)c1. The van der Waals surface area contributed by atoms with Crippen molar-refractivity contribution in [2.24, 2.45) is 0 Å². The molecule has 0 N–H and O–H groups in total. The van der Waals surface area contributed by atoms with Crippen molar-refractivity contribution in [3.63, 3.8) is 0 Å². The minimum atomic E-state index is -0.546. The second kappa shape index (κ2) is 7.52. The van der Waals surface area contributed by atoms with Crippen LogP contribution >= 0.6 is 0 Å². The molecule has 3 heteroatoms. The molecule has 0 bridgehead atoms. The lowest BCUT2D eigenvalue weighted by Gasteiger charge is -2.29. The molecule has 0 unspecified atom stereocenters. The van der Waals surface area contributed by atoms with Crippen LogP contribution in [0.25, 0.3) is 0 Å². The molecule has 0 aliphatic carbocycles. The first kappa shape index (κ1) is 18.1. The molecule has 0 spiro atoms. The van der Waals surface area contributed by atoms with E-state index in [4.69, 9.17) is 4.74 Å². The van der Waals surface area contributed by atoms with E-state index in [0.717, 1.165) is 11.3 Å². The Morgan fingerprint density at radius 3 is 2.21 bits per heavy atom. The first-order chi connectivity index (χ1) is 11.3. The van der Waals surface area contributed by atoms with Crippen molar-refractivity contribution >= 4 is 5.91 Å². The van der Waals surface area contributed by atoms with Crippen LogP contribution in [-0.2, 0) is 10.2 Å². The maximum Gasteiger partial charge on any atom is 0.232 e. The van der Waals surface area contributed by atoms with E-state index in [-0.39, 0.29) is 5.91 Å². The molecule has 0 saturated heterocycles. The molecule has 0 radical (unpaired) electrons. The zero-order chi connectivity index (χ0) is 17.7. The molecule has 0 heterocycles. The Morgan fingerprint density at radius 1 is 1.04 bits per heavy atom. The van der Waals surface area contributed by atoms with Gasteiger partial charge in [0.05, 0.1) is 12.0 Å². The van der Waals surface area contributed by atoms with Crippen LogP contribution in [0.2, 0.25) is 0 Å². The predicted octanol–water partition coefficient (Wildman–Crippen LogP) is 4.12. The molecular weight excluding hydrogens is 298 g/mol. The van der Waals surface area contributed by atoms with Crippen LogP contribution < -0.4 is 4.74 Å². The van der Waals surface area contributed by atoms with Gasteiger partial charge in [-0.15, -0.1) is 0 Å². The summed E-state index contributed by atoms with van der Waals surface area (Å²) in [6.07, 6.45) is 0. The summed E-state index contributed by atoms with van der Waals surface area (Å²) in [6.45, 7) is 9.08. The van der Waals surface area contributed by atoms with Crippen molar-refractivity contribution in [3.8, 4) is 5.75 Å². The Morgan fingerprint density at radius 2 is 1.62 bits per heavy atom. The number of carbonyl (C=O) groups is 1. The molecule has 128 valence electrons. The van der Waals surface area contributed by atoms with E-state index in [2.05, 4.69) is 19.9 Å². The Labute approximate surface area is 145 Å². The number of carbonyl (C=O) groups excluding carboxylic acids is 1. The summed E-state index contributed by atoms with van der Waals surface area (Å²) in [4.78, 5) is 14.5. The summed E-state index contributed by atoms with van der Waals surface area (Å²) in [6, 6.07) is 16.0. The van der Waals surface area contributed by atoms with Gasteiger partial charge in [0.1, 0.15) is 12.4 Å². The second-order valence-electron chi connectivity index (χ2n) is 6.89. The van der Waals surface area contributed by atoms with Crippen molar-refractivity contribution < 1.29 is 9.53 Å². The molecule has 0 saturated carbocycles. The number of likely N-dealkylation sites (N-methyl/N-ethyl adjacent to an activating group) is 1. The van der Waals surface area contributed by atoms with E-state index in [1.807, 2.05) is 63.4 Å². The third kappa shape index (κ3) is 4.38. The quantitative estimate of drug-likeness (QED) is 0.799. The summed E-state index contributed by atoms with van der Waals surface area (Å²) in [5, 5.41) is 0. The third-order valence-electron chi connectivity index (χ3n) is 4.27. The zero-order valence-electron chi connectivity index (χ0n) is 15.3. The molecule has 0 aliphatic rings. The molecule has 2 rings (SSSR count). The number of aryl methyl sites for hydroxylation is 2. The van der Waals surface area contributed by atoms with E-state index < -0.39 is 5.41 Å². The van der Waals surface area contributed by atoms with Crippen LogP contribution in [0.4, 0.5) is 0 Å². The molecule has 0 fully saturated rings. The highest BCUT2D eigenvalue weighted by molar-refractivity contribution is 5.87. The largest absolute Gasteiger partial charge is 0.492 e. The first-order valence-electron chi connectivity index (χ1n) is 8.33. The molecule has 3 nitrogen and oxygen atoms in total. The van der Waals surface area contributed by atoms with Crippen molar-refractivity contribution in [1.82, 2.24) is 4.90 Å². The maximum atomic E-state index is 12.8. The molecule has 1 amide bonds. The minimum Gasteiger partial charge on any atom is -0.492 e. The van der Waals surface area contributed by atoms with Crippen molar-refractivity contribution in [2.45, 2.75) is 33.1 Å². The predicted molar refractivity (Wildman–Crippen MR) is 98.5 cm³/mol. The lowest BCUT2D eigenvalue weighted by Crippen LogP contribution is -2.42. The van der Waals surface area contributed by atoms with Crippen molar-refractivity contribution in [1.29, 1.82) is 0 Å². The standard InChI is InChI=1S/C21H27NO2/c1-16-13-17(2)15-19(14-16)24-12-11-22(5)20(23)21(3,4)18-9-7-6-8-10-18/h6-10,13-15H,11-12H2,1-5H3. The molecular formula is C21H27NO2. The third-order valence-corrected chi connectivity index (χ3v) is 4.27. The van der Waals surface area contributed by atoms with Crippen LogP contribution in [0.5, 0.6) is 5.75 Å². The van der Waals surface area contributed by atoms with Gasteiger partial charge in [-0.25, -0.2) is 0 Å². The smallest absolute Gasteiger partial charge is 0.232 e. The van der Waals surface area contributed by atoms with Crippen LogP contribution in [0, 0.1) is 13.8 Å². The van der Waals surface area contributed by atoms with E-state index in [9.17, 15) is 4.79 Å². The summed E-state index contributed by atoms with van der Waals surface area (Å²) >= 11 is 0. The highest BCUT2D eigenvalue weighted by Gasteiger charge is 2.32. The number of hydrogen-bond donors (Lipinski definition) is 0. The summed E-state index contributed by atoms with van der Waals surface area (Å²) in [5.41, 5.74) is 2.84. The Balaban J connectivity index is 1.94. The fourth-order valence-corrected chi connectivity index (χ4v) is 2.87. The van der Waals surface area contributed by atoms with Gasteiger partial charge in [0.15, 0.2) is 0 Å². The minimum absolute atomic E-state index is 0.0951. The number of nitrogens with zero attached hydrogens (tertiary/aromatic N) is 1. The zero-order valence-corrected chi connectivity index (χ0v) is 15.3. The van der Waals surface area contributed by atoms with Gasteiger partial charge in [-0.05, 0) is 56.5 Å². The fraction of sp³-hybridized carbons (Fsp3) is 0.381. The van der Waals surface area contributed by atoms with Crippen LogP contribution in [0.3, 0.4) is 0 Å². The summed E-state index contributed by atoms with van der Waals surface area (Å²) in [5.74, 6) is 0.952. The number of hydrogen-bond acceptors (Lipinski definition) is 2. The van der Waals surface area contributed by atoms with Crippen molar-refractivity contribution in [2.75, 3.05) is 20.2 Å². The monoisotopic (exact) mass is 325 g/mol. The average molecular weight is 325 g/mol. The summed E-state index contributed by atoms with van der Waals surface area (Å²) in [7, 11) is 1.83. The lowest BCUT2D eigenvalue weighted by atomic mass is 9.83. The van der Waals surface area contributed by atoms with Gasteiger partial charge in [0.25, 0.3) is 0 Å². The fourth-order valence-electron chi connectivity index (χ4n) is 2.87. The molecule has 2 aromatic carbocycles. The molecule has 2 aromatic rings. The van der Waals surface area contributed by atoms with Gasteiger partial charge in [-0.1, -0.05) is 36.4 Å². The van der Waals surface area contributed by atoms with Gasteiger partial charge < -0.3 is 9.64 Å². The maximum absolute atomic E-state index is 12.8. The van der Waals surface area contributed by atoms with Crippen LogP contribution in [0.1, 0.15) is 30.5 Å². The Hall–Kier alpha value is -2.29. The topological polar surface area (TPSA) is 29.5 Å². The van der Waals surface area contributed by atoms with E-state index in [0.29, 0.717) is 13.2 Å². The number of benzene rings is 2. The molecule has 0 atom stereocenters. The number of ether oxygens (including phenoxy) is 1. The van der Waals surface area contributed by atoms with E-state index >= 15 is 0 Å². The second-order valence-corrected chi connectivity index (χ2v) is 6.89. The highest BCUT2D eigenvalue weighted by atomic mass is 16.5. The average Bonchev–Trinajstić information content (AvgIpc) is 2.54. The number of amides is 1. The van der Waals surface area contributed by atoms with Gasteiger partial charge in [0, 0.05) is 7.05 Å². The van der Waals surface area contributed by atoms with E-state index in [1.54, 1.807) is 4.90 Å². The summed E-state index contributed by atoms with van der Waals surface area (Å²) < 4.78 is 5.81.